The molecular formula is C28H38F2O2. The first kappa shape index (κ1) is 24.5. The van der Waals surface area contributed by atoms with E-state index in [4.69, 9.17) is 9.47 Å². The second kappa shape index (κ2) is 8.35. The average molecular weight is 445 g/mol. The minimum atomic E-state index is -2.76. The van der Waals surface area contributed by atoms with Crippen molar-refractivity contribution in [3.8, 4) is 11.5 Å². The zero-order chi connectivity index (χ0) is 23.9. The van der Waals surface area contributed by atoms with Crippen LogP contribution in [-0.4, -0.2) is 13.2 Å². The minimum absolute atomic E-state index is 0.0335. The predicted octanol–water partition coefficient (Wildman–Crippen LogP) is 7.90. The number of fused-ring (bicyclic) bond motifs is 2. The minimum Gasteiger partial charge on any atom is -0.493 e. The summed E-state index contributed by atoms with van der Waals surface area (Å²) in [6.45, 7) is 18.3. The monoisotopic (exact) mass is 444 g/mol. The van der Waals surface area contributed by atoms with Crippen molar-refractivity contribution in [2.75, 3.05) is 13.2 Å². The highest BCUT2D eigenvalue weighted by molar-refractivity contribution is 5.50. The van der Waals surface area contributed by atoms with Crippen molar-refractivity contribution in [3.63, 3.8) is 0 Å². The van der Waals surface area contributed by atoms with Gasteiger partial charge in [-0.05, 0) is 39.9 Å². The van der Waals surface area contributed by atoms with E-state index in [1.165, 1.54) is 17.2 Å². The van der Waals surface area contributed by atoms with Gasteiger partial charge in [-0.2, -0.15) is 0 Å². The third-order valence-corrected chi connectivity index (χ3v) is 6.41. The number of rotatable bonds is 0. The molecule has 0 spiro atoms. The molecule has 0 aromatic heterocycles. The van der Waals surface area contributed by atoms with Gasteiger partial charge >= 0.3 is 0 Å². The molecule has 2 aromatic carbocycles. The van der Waals surface area contributed by atoms with Crippen molar-refractivity contribution in [3.05, 3.63) is 58.7 Å². The van der Waals surface area contributed by atoms with Gasteiger partial charge < -0.3 is 9.47 Å². The molecule has 176 valence electrons. The van der Waals surface area contributed by atoms with Gasteiger partial charge in [0.1, 0.15) is 11.5 Å². The van der Waals surface area contributed by atoms with Crippen LogP contribution in [0, 0.1) is 0 Å². The van der Waals surface area contributed by atoms with E-state index >= 15 is 0 Å². The predicted molar refractivity (Wildman–Crippen MR) is 127 cm³/mol. The van der Waals surface area contributed by atoms with Crippen molar-refractivity contribution in [1.82, 2.24) is 0 Å². The van der Waals surface area contributed by atoms with Crippen LogP contribution in [0.1, 0.15) is 90.5 Å². The van der Waals surface area contributed by atoms with Crippen LogP contribution in [0.25, 0.3) is 0 Å². The van der Waals surface area contributed by atoms with Crippen LogP contribution in [0.5, 0.6) is 11.5 Å². The van der Waals surface area contributed by atoms with Gasteiger partial charge in [-0.3, -0.25) is 0 Å². The molecule has 2 aliphatic heterocycles. The van der Waals surface area contributed by atoms with E-state index in [-0.39, 0.29) is 34.8 Å². The summed E-state index contributed by atoms with van der Waals surface area (Å²) in [4.78, 5) is 0. The van der Waals surface area contributed by atoms with Gasteiger partial charge in [0.2, 0.25) is 0 Å². The fourth-order valence-corrected chi connectivity index (χ4v) is 4.35. The molecule has 0 unspecified atom stereocenters. The molecule has 0 amide bonds. The zero-order valence-corrected chi connectivity index (χ0v) is 20.9. The number of hydrogen-bond donors (Lipinski definition) is 0. The molecule has 2 nitrogen and oxygen atoms in total. The summed E-state index contributed by atoms with van der Waals surface area (Å²) in [7, 11) is 0. The summed E-state index contributed by atoms with van der Waals surface area (Å²) in [5, 5.41) is 0. The fourth-order valence-electron chi connectivity index (χ4n) is 4.35. The second-order valence-corrected chi connectivity index (χ2v) is 11.6. The van der Waals surface area contributed by atoms with E-state index in [0.717, 1.165) is 24.3 Å². The Hall–Kier alpha value is -2.10. The van der Waals surface area contributed by atoms with Crippen molar-refractivity contribution in [2.45, 2.75) is 90.4 Å². The van der Waals surface area contributed by atoms with Crippen molar-refractivity contribution >= 4 is 0 Å². The Kier molecular flexibility index (Phi) is 6.40. The van der Waals surface area contributed by atoms with Crippen LogP contribution in [-0.2, 0) is 22.2 Å². The number of ether oxygens (including phenoxy) is 2. The average Bonchev–Trinajstić information content (AvgIpc) is 2.66. The van der Waals surface area contributed by atoms with Crippen molar-refractivity contribution in [1.29, 1.82) is 0 Å². The Bertz CT molecular complexity index is 854. The quantitative estimate of drug-likeness (QED) is 0.411. The van der Waals surface area contributed by atoms with E-state index in [1.807, 2.05) is 26.8 Å². The SMILES string of the molecule is CC(C)(C)c1cccc2c1OCCC2(C)C.CC(C)(C)c1cccc2c1OCCC2(F)F. The van der Waals surface area contributed by atoms with E-state index in [1.54, 1.807) is 6.07 Å². The van der Waals surface area contributed by atoms with Crippen LogP contribution in [0.2, 0.25) is 0 Å². The summed E-state index contributed by atoms with van der Waals surface area (Å²) < 4.78 is 38.7. The van der Waals surface area contributed by atoms with Gasteiger partial charge in [0, 0.05) is 5.56 Å². The molecule has 0 aliphatic carbocycles. The Balaban J connectivity index is 0.000000181. The van der Waals surface area contributed by atoms with Gasteiger partial charge in [-0.15, -0.1) is 0 Å². The molecule has 0 saturated heterocycles. The third kappa shape index (κ3) is 4.94. The summed E-state index contributed by atoms with van der Waals surface area (Å²) in [6.07, 6.45) is 0.876. The topological polar surface area (TPSA) is 18.5 Å². The molecule has 0 atom stereocenters. The molecule has 0 N–H and O–H groups in total. The summed E-state index contributed by atoms with van der Waals surface area (Å²) >= 11 is 0. The summed E-state index contributed by atoms with van der Waals surface area (Å²) in [5.74, 6) is -1.24. The van der Waals surface area contributed by atoms with Crippen LogP contribution in [0.4, 0.5) is 8.78 Å². The van der Waals surface area contributed by atoms with Crippen LogP contribution < -0.4 is 9.47 Å². The van der Waals surface area contributed by atoms with Crippen LogP contribution in [0.3, 0.4) is 0 Å². The fraction of sp³-hybridized carbons (Fsp3) is 0.571. The lowest BCUT2D eigenvalue weighted by molar-refractivity contribution is -0.0409. The Morgan fingerprint density at radius 3 is 1.62 bits per heavy atom. The first-order valence-corrected chi connectivity index (χ1v) is 11.6. The summed E-state index contributed by atoms with van der Waals surface area (Å²) in [6, 6.07) is 11.6. The van der Waals surface area contributed by atoms with Crippen LogP contribution >= 0.6 is 0 Å². The van der Waals surface area contributed by atoms with E-state index in [9.17, 15) is 8.78 Å². The number of para-hydroxylation sites is 2. The number of benzene rings is 2. The largest absolute Gasteiger partial charge is 0.493 e. The number of hydrogen-bond acceptors (Lipinski definition) is 2. The Morgan fingerprint density at radius 2 is 1.12 bits per heavy atom. The first-order valence-electron chi connectivity index (χ1n) is 11.6. The molecule has 4 rings (SSSR count). The third-order valence-electron chi connectivity index (χ3n) is 6.41. The van der Waals surface area contributed by atoms with Crippen molar-refractivity contribution in [2.24, 2.45) is 0 Å². The standard InChI is InChI=1S/C15H22O.C13H16F2O/c1-14(2,3)11-7-6-8-12-13(11)16-10-9-15(12,4)5;1-12(2,3)9-5-4-6-10-11(9)16-8-7-13(10,14)15/h6-8H,9-10H2,1-5H3;4-6H,7-8H2,1-3H3. The molecule has 32 heavy (non-hydrogen) atoms. The molecule has 2 aliphatic rings. The molecular weight excluding hydrogens is 406 g/mol. The Morgan fingerprint density at radius 1 is 0.688 bits per heavy atom. The lowest BCUT2D eigenvalue weighted by Crippen LogP contribution is -2.28. The number of alkyl halides is 2. The second-order valence-electron chi connectivity index (χ2n) is 11.6. The number of halogens is 2. The highest BCUT2D eigenvalue weighted by atomic mass is 19.3. The first-order chi connectivity index (χ1) is 14.6. The van der Waals surface area contributed by atoms with E-state index in [2.05, 4.69) is 52.8 Å². The maximum absolute atomic E-state index is 13.7. The molecule has 0 bridgehead atoms. The molecule has 0 fully saturated rings. The zero-order valence-electron chi connectivity index (χ0n) is 20.9. The smallest absolute Gasteiger partial charge is 0.280 e. The molecule has 0 saturated carbocycles. The van der Waals surface area contributed by atoms with Gasteiger partial charge in [0.15, 0.2) is 0 Å². The Labute approximate surface area is 192 Å². The lowest BCUT2D eigenvalue weighted by atomic mass is 9.76. The van der Waals surface area contributed by atoms with Crippen LogP contribution in [0.15, 0.2) is 36.4 Å². The van der Waals surface area contributed by atoms with E-state index < -0.39 is 5.92 Å². The van der Waals surface area contributed by atoms with Gasteiger partial charge in [0.25, 0.3) is 5.92 Å². The van der Waals surface area contributed by atoms with Crippen molar-refractivity contribution < 1.29 is 18.3 Å². The van der Waals surface area contributed by atoms with Gasteiger partial charge in [-0.25, -0.2) is 8.78 Å². The molecule has 2 heterocycles. The molecule has 0 radical (unpaired) electrons. The molecule has 4 heteroatoms. The van der Waals surface area contributed by atoms with E-state index in [0.29, 0.717) is 5.75 Å². The maximum atomic E-state index is 13.7. The molecule has 2 aromatic rings. The lowest BCUT2D eigenvalue weighted by Gasteiger charge is -2.35. The highest BCUT2D eigenvalue weighted by Crippen LogP contribution is 2.46. The summed E-state index contributed by atoms with van der Waals surface area (Å²) in [5.41, 5.74) is 3.80. The van der Waals surface area contributed by atoms with Gasteiger partial charge in [-0.1, -0.05) is 85.7 Å². The van der Waals surface area contributed by atoms with Gasteiger partial charge in [0.05, 0.1) is 25.2 Å². The highest BCUT2D eigenvalue weighted by Gasteiger charge is 2.40. The maximum Gasteiger partial charge on any atom is 0.280 e. The normalized spacial score (nSPS) is 18.8.